The van der Waals surface area contributed by atoms with Crippen LogP contribution in [0.5, 0.6) is 5.75 Å². The number of Topliss-reactive ketones (excluding diaryl/α,β-unsaturated/α-hetero) is 1. The van der Waals surface area contributed by atoms with Gasteiger partial charge in [0.25, 0.3) is 0 Å². The second kappa shape index (κ2) is 5.72. The van der Waals surface area contributed by atoms with Crippen molar-refractivity contribution in [2.24, 2.45) is 5.92 Å². The summed E-state index contributed by atoms with van der Waals surface area (Å²) < 4.78 is 5.32. The van der Waals surface area contributed by atoms with Crippen LogP contribution >= 0.6 is 0 Å². The van der Waals surface area contributed by atoms with Crippen LogP contribution in [-0.4, -0.2) is 31.0 Å². The lowest BCUT2D eigenvalue weighted by Crippen LogP contribution is -2.36. The van der Waals surface area contributed by atoms with Crippen LogP contribution in [0.15, 0.2) is 30.5 Å². The van der Waals surface area contributed by atoms with Crippen molar-refractivity contribution in [3.63, 3.8) is 0 Å². The lowest BCUT2D eigenvalue weighted by atomic mass is 9.93. The highest BCUT2D eigenvalue weighted by Crippen LogP contribution is 2.30. The SMILES string of the molecule is COc1ccc2ccnc(N3CCC(C(C)=O)CC3)c2c1. The van der Waals surface area contributed by atoms with Gasteiger partial charge in [0.1, 0.15) is 17.4 Å². The Morgan fingerprint density at radius 1 is 1.29 bits per heavy atom. The maximum Gasteiger partial charge on any atom is 0.136 e. The van der Waals surface area contributed by atoms with Crippen molar-refractivity contribution in [3.8, 4) is 5.75 Å². The molecule has 1 fully saturated rings. The molecule has 1 aromatic heterocycles. The van der Waals surface area contributed by atoms with Crippen LogP contribution in [0, 0.1) is 5.92 Å². The second-order valence-electron chi connectivity index (χ2n) is 5.59. The van der Waals surface area contributed by atoms with Crippen molar-refractivity contribution in [2.75, 3.05) is 25.1 Å². The van der Waals surface area contributed by atoms with Crippen LogP contribution in [0.25, 0.3) is 10.8 Å². The van der Waals surface area contributed by atoms with Gasteiger partial charge in [0, 0.05) is 30.6 Å². The van der Waals surface area contributed by atoms with Gasteiger partial charge >= 0.3 is 0 Å². The molecule has 3 rings (SSSR count). The molecule has 0 unspecified atom stereocenters. The summed E-state index contributed by atoms with van der Waals surface area (Å²) in [5.41, 5.74) is 0. The van der Waals surface area contributed by atoms with E-state index >= 15 is 0 Å². The summed E-state index contributed by atoms with van der Waals surface area (Å²) in [4.78, 5) is 18.3. The van der Waals surface area contributed by atoms with Gasteiger partial charge in [-0.1, -0.05) is 6.07 Å². The van der Waals surface area contributed by atoms with Crippen molar-refractivity contribution in [1.82, 2.24) is 4.98 Å². The lowest BCUT2D eigenvalue weighted by molar-refractivity contribution is -0.121. The molecule has 1 aliphatic heterocycles. The number of anilines is 1. The number of nitrogens with zero attached hydrogens (tertiary/aromatic N) is 2. The van der Waals surface area contributed by atoms with Gasteiger partial charge in [0.15, 0.2) is 0 Å². The Balaban J connectivity index is 1.92. The summed E-state index contributed by atoms with van der Waals surface area (Å²) in [6.45, 7) is 3.46. The number of aromatic nitrogens is 1. The first kappa shape index (κ1) is 13.9. The zero-order valence-electron chi connectivity index (χ0n) is 12.5. The zero-order valence-corrected chi connectivity index (χ0v) is 12.5. The summed E-state index contributed by atoms with van der Waals surface area (Å²) in [6.07, 6.45) is 3.68. The smallest absolute Gasteiger partial charge is 0.136 e. The van der Waals surface area contributed by atoms with E-state index in [-0.39, 0.29) is 5.92 Å². The molecule has 1 aromatic carbocycles. The Kier molecular flexibility index (Phi) is 3.78. The molecule has 0 spiro atoms. The number of carbonyl (C=O) groups excluding carboxylic acids is 1. The fraction of sp³-hybridized carbons (Fsp3) is 0.412. The van der Waals surface area contributed by atoms with Gasteiger partial charge < -0.3 is 9.64 Å². The van der Waals surface area contributed by atoms with E-state index in [1.807, 2.05) is 24.4 Å². The van der Waals surface area contributed by atoms with Gasteiger partial charge in [-0.25, -0.2) is 4.98 Å². The first-order valence-corrected chi connectivity index (χ1v) is 7.37. The van der Waals surface area contributed by atoms with E-state index in [0.29, 0.717) is 5.78 Å². The number of benzene rings is 1. The first-order chi connectivity index (χ1) is 10.2. The minimum Gasteiger partial charge on any atom is -0.497 e. The molecule has 1 saturated heterocycles. The van der Waals surface area contributed by atoms with E-state index in [1.165, 1.54) is 0 Å². The topological polar surface area (TPSA) is 42.4 Å². The number of piperidine rings is 1. The summed E-state index contributed by atoms with van der Waals surface area (Å²) in [5, 5.41) is 2.27. The van der Waals surface area contributed by atoms with Crippen molar-refractivity contribution >= 4 is 22.4 Å². The van der Waals surface area contributed by atoms with Crippen molar-refractivity contribution < 1.29 is 9.53 Å². The number of fused-ring (bicyclic) bond motifs is 1. The number of methoxy groups -OCH3 is 1. The van der Waals surface area contributed by atoms with Gasteiger partial charge in [0.05, 0.1) is 7.11 Å². The molecule has 4 nitrogen and oxygen atoms in total. The highest BCUT2D eigenvalue weighted by Gasteiger charge is 2.24. The van der Waals surface area contributed by atoms with Crippen molar-refractivity contribution in [3.05, 3.63) is 30.5 Å². The van der Waals surface area contributed by atoms with Gasteiger partial charge in [-0.3, -0.25) is 4.79 Å². The zero-order chi connectivity index (χ0) is 14.8. The maximum atomic E-state index is 11.5. The highest BCUT2D eigenvalue weighted by atomic mass is 16.5. The average molecular weight is 284 g/mol. The molecule has 0 bridgehead atoms. The highest BCUT2D eigenvalue weighted by molar-refractivity contribution is 5.93. The van der Waals surface area contributed by atoms with E-state index in [2.05, 4.69) is 16.0 Å². The van der Waals surface area contributed by atoms with Gasteiger partial charge in [-0.05, 0) is 43.4 Å². The fourth-order valence-electron chi connectivity index (χ4n) is 3.01. The monoisotopic (exact) mass is 284 g/mol. The molecule has 2 aromatic rings. The standard InChI is InChI=1S/C17H20N2O2/c1-12(20)13-6-9-19(10-7-13)17-16-11-15(21-2)4-3-14(16)5-8-18-17/h3-5,8,11,13H,6-7,9-10H2,1-2H3. The Hall–Kier alpha value is -2.10. The molecule has 0 atom stereocenters. The van der Waals surface area contributed by atoms with Crippen molar-refractivity contribution in [1.29, 1.82) is 0 Å². The summed E-state index contributed by atoms with van der Waals surface area (Å²) in [5.74, 6) is 2.36. The average Bonchev–Trinajstić information content (AvgIpc) is 2.54. The molecular weight excluding hydrogens is 264 g/mol. The number of carbonyl (C=O) groups is 1. The van der Waals surface area contributed by atoms with Crippen LogP contribution in [0.3, 0.4) is 0 Å². The first-order valence-electron chi connectivity index (χ1n) is 7.37. The van der Waals surface area contributed by atoms with Crippen LogP contribution in [0.4, 0.5) is 5.82 Å². The minimum absolute atomic E-state index is 0.214. The molecule has 0 radical (unpaired) electrons. The van der Waals surface area contributed by atoms with E-state index in [4.69, 9.17) is 4.74 Å². The fourth-order valence-corrected chi connectivity index (χ4v) is 3.01. The van der Waals surface area contributed by atoms with E-state index < -0.39 is 0 Å². The number of hydrogen-bond acceptors (Lipinski definition) is 4. The number of hydrogen-bond donors (Lipinski definition) is 0. The van der Waals surface area contributed by atoms with Gasteiger partial charge in [-0.15, -0.1) is 0 Å². The minimum atomic E-state index is 0.214. The Morgan fingerprint density at radius 3 is 2.71 bits per heavy atom. The third-order valence-corrected chi connectivity index (χ3v) is 4.32. The molecule has 4 heteroatoms. The van der Waals surface area contributed by atoms with E-state index in [1.54, 1.807) is 14.0 Å². The molecule has 0 saturated carbocycles. The van der Waals surface area contributed by atoms with Crippen LogP contribution in [0.2, 0.25) is 0 Å². The largest absolute Gasteiger partial charge is 0.497 e. The lowest BCUT2D eigenvalue weighted by Gasteiger charge is -2.32. The van der Waals surface area contributed by atoms with E-state index in [0.717, 1.165) is 48.3 Å². The number of pyridine rings is 1. The van der Waals surface area contributed by atoms with E-state index in [9.17, 15) is 4.79 Å². The molecule has 110 valence electrons. The van der Waals surface area contributed by atoms with Crippen LogP contribution in [0.1, 0.15) is 19.8 Å². The molecular formula is C17H20N2O2. The predicted molar refractivity (Wildman–Crippen MR) is 83.9 cm³/mol. The molecule has 1 aliphatic rings. The Morgan fingerprint density at radius 2 is 2.05 bits per heavy atom. The molecule has 0 amide bonds. The van der Waals surface area contributed by atoms with Crippen LogP contribution < -0.4 is 9.64 Å². The van der Waals surface area contributed by atoms with Gasteiger partial charge in [-0.2, -0.15) is 0 Å². The molecule has 0 aliphatic carbocycles. The number of ether oxygens (including phenoxy) is 1. The normalized spacial score (nSPS) is 16.2. The molecule has 2 heterocycles. The Bertz CT molecular complexity index is 661. The van der Waals surface area contributed by atoms with Crippen molar-refractivity contribution in [2.45, 2.75) is 19.8 Å². The Labute approximate surface area is 124 Å². The van der Waals surface area contributed by atoms with Gasteiger partial charge in [0.2, 0.25) is 0 Å². The third kappa shape index (κ3) is 2.71. The number of ketones is 1. The predicted octanol–water partition coefficient (Wildman–Crippen LogP) is 3.05. The summed E-state index contributed by atoms with van der Waals surface area (Å²) in [7, 11) is 1.68. The quantitative estimate of drug-likeness (QED) is 0.869. The molecule has 21 heavy (non-hydrogen) atoms. The second-order valence-corrected chi connectivity index (χ2v) is 5.59. The molecule has 0 N–H and O–H groups in total. The maximum absolute atomic E-state index is 11.5. The summed E-state index contributed by atoms with van der Waals surface area (Å²) in [6, 6.07) is 8.07. The third-order valence-electron chi connectivity index (χ3n) is 4.32. The number of rotatable bonds is 3. The summed E-state index contributed by atoms with van der Waals surface area (Å²) >= 11 is 0. The van der Waals surface area contributed by atoms with Crippen LogP contribution in [-0.2, 0) is 4.79 Å².